The summed E-state index contributed by atoms with van der Waals surface area (Å²) in [7, 11) is 0. The predicted molar refractivity (Wildman–Crippen MR) is 61.6 cm³/mol. The highest BCUT2D eigenvalue weighted by atomic mass is 32.2. The van der Waals surface area contributed by atoms with E-state index in [-0.39, 0.29) is 0 Å². The highest BCUT2D eigenvalue weighted by Gasteiger charge is 2.18. The van der Waals surface area contributed by atoms with Crippen molar-refractivity contribution in [3.05, 3.63) is 11.9 Å². The highest BCUT2D eigenvalue weighted by Crippen LogP contribution is 2.25. The van der Waals surface area contributed by atoms with Gasteiger partial charge >= 0.3 is 0 Å². The number of rotatable bonds is 2. The fraction of sp³-hybridized carbons (Fsp3) is 0.500. The van der Waals surface area contributed by atoms with Gasteiger partial charge in [-0.3, -0.25) is 0 Å². The van der Waals surface area contributed by atoms with Gasteiger partial charge in [-0.25, -0.2) is 9.97 Å². The van der Waals surface area contributed by atoms with Gasteiger partial charge in [0.05, 0.1) is 13.2 Å². The average molecular weight is 236 g/mol. The van der Waals surface area contributed by atoms with Gasteiger partial charge in [-0.2, -0.15) is 5.26 Å². The van der Waals surface area contributed by atoms with E-state index in [1.54, 1.807) is 0 Å². The van der Waals surface area contributed by atoms with Crippen molar-refractivity contribution in [2.24, 2.45) is 0 Å². The van der Waals surface area contributed by atoms with E-state index in [2.05, 4.69) is 20.9 Å². The van der Waals surface area contributed by atoms with E-state index in [0.29, 0.717) is 18.8 Å². The van der Waals surface area contributed by atoms with Gasteiger partial charge in [0.2, 0.25) is 0 Å². The van der Waals surface area contributed by atoms with Crippen LogP contribution in [0.4, 0.5) is 5.82 Å². The quantitative estimate of drug-likeness (QED) is 0.562. The Labute approximate surface area is 98.4 Å². The maximum atomic E-state index is 9.16. The van der Waals surface area contributed by atoms with Crippen molar-refractivity contribution >= 4 is 17.6 Å². The summed E-state index contributed by atoms with van der Waals surface area (Å²) in [5, 5.41) is 9.89. The first-order valence-electron chi connectivity index (χ1n) is 4.98. The van der Waals surface area contributed by atoms with Crippen molar-refractivity contribution in [3.63, 3.8) is 0 Å². The summed E-state index contributed by atoms with van der Waals surface area (Å²) in [6.07, 6.45) is 3.42. The van der Waals surface area contributed by atoms with Crippen LogP contribution in [0.5, 0.6) is 0 Å². The summed E-state index contributed by atoms with van der Waals surface area (Å²) in [6.45, 7) is 2.92. The third-order valence-electron chi connectivity index (χ3n) is 2.41. The lowest BCUT2D eigenvalue weighted by atomic mass is 10.3. The molecule has 1 aliphatic heterocycles. The Morgan fingerprint density at radius 2 is 2.19 bits per heavy atom. The minimum Gasteiger partial charge on any atom is -0.378 e. The second-order valence-corrected chi connectivity index (χ2v) is 4.09. The van der Waals surface area contributed by atoms with Gasteiger partial charge < -0.3 is 9.64 Å². The van der Waals surface area contributed by atoms with E-state index in [1.165, 1.54) is 18.1 Å². The molecule has 2 rings (SSSR count). The lowest BCUT2D eigenvalue weighted by Gasteiger charge is -2.28. The monoisotopic (exact) mass is 236 g/mol. The molecule has 0 atom stereocenters. The minimum absolute atomic E-state index is 0.567. The molecule has 1 saturated heterocycles. The molecule has 0 aliphatic carbocycles. The normalized spacial score (nSPS) is 15.9. The first-order valence-corrected chi connectivity index (χ1v) is 6.21. The zero-order chi connectivity index (χ0) is 11.4. The smallest absolute Gasteiger partial charge is 0.151 e. The van der Waals surface area contributed by atoms with Crippen molar-refractivity contribution in [1.29, 1.82) is 5.26 Å². The zero-order valence-electron chi connectivity index (χ0n) is 9.01. The van der Waals surface area contributed by atoms with Crippen molar-refractivity contribution < 1.29 is 4.74 Å². The van der Waals surface area contributed by atoms with Crippen molar-refractivity contribution in [3.8, 4) is 6.07 Å². The second-order valence-electron chi connectivity index (χ2n) is 3.29. The Bertz CT molecular complexity index is 412. The van der Waals surface area contributed by atoms with E-state index in [4.69, 9.17) is 10.00 Å². The van der Waals surface area contributed by atoms with Crippen LogP contribution in [0.1, 0.15) is 5.56 Å². The molecule has 5 nitrogen and oxygen atoms in total. The summed E-state index contributed by atoms with van der Waals surface area (Å²) < 4.78 is 5.28. The van der Waals surface area contributed by atoms with Crippen LogP contribution in [-0.2, 0) is 4.74 Å². The second kappa shape index (κ2) is 5.14. The van der Waals surface area contributed by atoms with Crippen molar-refractivity contribution in [1.82, 2.24) is 9.97 Å². The van der Waals surface area contributed by atoms with Crippen molar-refractivity contribution in [2.45, 2.75) is 5.03 Å². The average Bonchev–Trinajstić information content (AvgIpc) is 2.38. The molecule has 1 aromatic rings. The van der Waals surface area contributed by atoms with Gasteiger partial charge in [-0.15, -0.1) is 11.8 Å². The van der Waals surface area contributed by atoms with E-state index < -0.39 is 0 Å². The number of nitrogens with zero attached hydrogens (tertiary/aromatic N) is 4. The molecule has 0 bridgehead atoms. The predicted octanol–water partition coefficient (Wildman–Crippen LogP) is 0.907. The van der Waals surface area contributed by atoms with Gasteiger partial charge in [-0.1, -0.05) is 0 Å². The first kappa shape index (κ1) is 11.2. The number of ether oxygens (including phenoxy) is 1. The molecule has 0 radical (unpaired) electrons. The number of anilines is 1. The summed E-state index contributed by atoms with van der Waals surface area (Å²) in [5.41, 5.74) is 0.567. The topological polar surface area (TPSA) is 62.0 Å². The molecule has 84 valence electrons. The Hall–Kier alpha value is -1.32. The number of aromatic nitrogens is 2. The molecule has 0 spiro atoms. The van der Waals surface area contributed by atoms with Gasteiger partial charge in [0.1, 0.15) is 23.0 Å². The fourth-order valence-electron chi connectivity index (χ4n) is 1.63. The first-order chi connectivity index (χ1) is 7.86. The molecule has 16 heavy (non-hydrogen) atoms. The SMILES string of the molecule is CSc1ncnc(N2CCOCC2)c1C#N. The van der Waals surface area contributed by atoms with Crippen molar-refractivity contribution in [2.75, 3.05) is 37.5 Å². The Kier molecular flexibility index (Phi) is 3.59. The van der Waals surface area contributed by atoms with E-state index in [0.717, 1.165) is 23.9 Å². The Balaban J connectivity index is 2.35. The zero-order valence-corrected chi connectivity index (χ0v) is 9.83. The standard InChI is InChI=1S/C10H12N4OS/c1-16-10-8(6-11)9(12-7-13-10)14-2-4-15-5-3-14/h7H,2-5H2,1H3. The molecule has 1 fully saturated rings. The largest absolute Gasteiger partial charge is 0.378 e. The maximum absolute atomic E-state index is 9.16. The lowest BCUT2D eigenvalue weighted by molar-refractivity contribution is 0.122. The van der Waals surface area contributed by atoms with Gasteiger partial charge in [-0.05, 0) is 6.26 Å². The van der Waals surface area contributed by atoms with Crippen LogP contribution in [-0.4, -0.2) is 42.5 Å². The third kappa shape index (κ3) is 2.10. The number of nitriles is 1. The highest BCUT2D eigenvalue weighted by molar-refractivity contribution is 7.98. The molecule has 0 saturated carbocycles. The molecule has 1 aliphatic rings. The van der Waals surface area contributed by atoms with Gasteiger partial charge in [0.15, 0.2) is 5.82 Å². The molecule has 1 aromatic heterocycles. The number of hydrogen-bond donors (Lipinski definition) is 0. The number of morpholine rings is 1. The summed E-state index contributed by atoms with van der Waals surface area (Å²) in [6, 6.07) is 2.18. The van der Waals surface area contributed by atoms with Gasteiger partial charge in [0, 0.05) is 13.1 Å². The molecule has 0 amide bonds. The van der Waals surface area contributed by atoms with Crippen LogP contribution in [0.2, 0.25) is 0 Å². The molecule has 2 heterocycles. The van der Waals surface area contributed by atoms with Gasteiger partial charge in [0.25, 0.3) is 0 Å². The van der Waals surface area contributed by atoms with Crippen LogP contribution >= 0.6 is 11.8 Å². The minimum atomic E-state index is 0.567. The Morgan fingerprint density at radius 1 is 1.44 bits per heavy atom. The number of thioether (sulfide) groups is 1. The van der Waals surface area contributed by atoms with Crippen LogP contribution in [0.3, 0.4) is 0 Å². The van der Waals surface area contributed by atoms with Crippen LogP contribution in [0.15, 0.2) is 11.4 Å². The molecule has 0 aromatic carbocycles. The Morgan fingerprint density at radius 3 is 2.81 bits per heavy atom. The summed E-state index contributed by atoms with van der Waals surface area (Å²) in [4.78, 5) is 10.4. The van der Waals surface area contributed by atoms with E-state index >= 15 is 0 Å². The molecule has 6 heteroatoms. The maximum Gasteiger partial charge on any atom is 0.151 e. The fourth-order valence-corrected chi connectivity index (χ4v) is 2.12. The van der Waals surface area contributed by atoms with Crippen LogP contribution in [0.25, 0.3) is 0 Å². The summed E-state index contributed by atoms with van der Waals surface area (Å²) >= 11 is 1.47. The number of hydrogen-bond acceptors (Lipinski definition) is 6. The molecular formula is C10H12N4OS. The lowest BCUT2D eigenvalue weighted by Crippen LogP contribution is -2.37. The molecular weight excluding hydrogens is 224 g/mol. The van der Waals surface area contributed by atoms with E-state index in [9.17, 15) is 0 Å². The molecule has 0 N–H and O–H groups in total. The summed E-state index contributed by atoms with van der Waals surface area (Å²) in [5.74, 6) is 0.727. The van der Waals surface area contributed by atoms with Crippen LogP contribution < -0.4 is 4.90 Å². The van der Waals surface area contributed by atoms with E-state index in [1.807, 2.05) is 6.26 Å². The molecule has 0 unspecified atom stereocenters. The van der Waals surface area contributed by atoms with Crippen LogP contribution in [0, 0.1) is 11.3 Å². The third-order valence-corrected chi connectivity index (χ3v) is 3.10.